The van der Waals surface area contributed by atoms with Crippen LogP contribution < -0.4 is 10.6 Å². The third kappa shape index (κ3) is 6.17. The van der Waals surface area contributed by atoms with E-state index in [1.165, 1.54) is 5.56 Å². The molecule has 2 rings (SSSR count). The van der Waals surface area contributed by atoms with Crippen LogP contribution in [0.4, 0.5) is 0 Å². The highest BCUT2D eigenvalue weighted by Crippen LogP contribution is 2.07. The quantitative estimate of drug-likeness (QED) is 0.434. The molecule has 126 valence electrons. The molecule has 0 amide bonds. The molecule has 2 heterocycles. The summed E-state index contributed by atoms with van der Waals surface area (Å²) in [5, 5.41) is 6.45. The van der Waals surface area contributed by atoms with E-state index in [4.69, 9.17) is 4.42 Å². The van der Waals surface area contributed by atoms with Gasteiger partial charge in [-0.25, -0.2) is 4.98 Å². The lowest BCUT2D eigenvalue weighted by molar-refractivity contribution is 0.464. The summed E-state index contributed by atoms with van der Waals surface area (Å²) in [5.74, 6) is 2.25. The number of hydrogen-bond acceptors (Lipinski definition) is 4. The van der Waals surface area contributed by atoms with Crippen molar-refractivity contribution >= 4 is 29.9 Å². The SMILES string of the molecule is CN=C(NCCc1ccc(C)nc1)NCc1nc(C)c(C)o1.I. The Bertz CT molecular complexity index is 617. The van der Waals surface area contributed by atoms with Gasteiger partial charge in [-0.2, -0.15) is 0 Å². The van der Waals surface area contributed by atoms with Crippen molar-refractivity contribution in [1.82, 2.24) is 20.6 Å². The van der Waals surface area contributed by atoms with E-state index in [2.05, 4.69) is 31.7 Å². The van der Waals surface area contributed by atoms with E-state index in [9.17, 15) is 0 Å². The molecule has 2 N–H and O–H groups in total. The number of hydrogen-bond donors (Lipinski definition) is 2. The lowest BCUT2D eigenvalue weighted by Gasteiger charge is -2.10. The Balaban J connectivity index is 0.00000264. The smallest absolute Gasteiger partial charge is 0.214 e. The molecule has 0 atom stereocenters. The molecule has 0 aromatic carbocycles. The summed E-state index contributed by atoms with van der Waals surface area (Å²) in [6.45, 7) is 7.13. The van der Waals surface area contributed by atoms with Crippen LogP contribution in [-0.4, -0.2) is 29.5 Å². The molecule has 2 aromatic heterocycles. The highest BCUT2D eigenvalue weighted by Gasteiger charge is 2.06. The van der Waals surface area contributed by atoms with Gasteiger partial charge in [-0.05, 0) is 38.8 Å². The molecule has 0 radical (unpaired) electrons. The zero-order valence-corrected chi connectivity index (χ0v) is 16.3. The third-order valence-electron chi connectivity index (χ3n) is 3.38. The molecule has 0 saturated carbocycles. The Kier molecular flexibility index (Phi) is 8.01. The summed E-state index contributed by atoms with van der Waals surface area (Å²) >= 11 is 0. The molecule has 0 aliphatic rings. The van der Waals surface area contributed by atoms with Crippen molar-refractivity contribution in [2.24, 2.45) is 4.99 Å². The fourth-order valence-corrected chi connectivity index (χ4v) is 1.97. The number of nitrogens with zero attached hydrogens (tertiary/aromatic N) is 3. The molecule has 0 aliphatic carbocycles. The van der Waals surface area contributed by atoms with Crippen LogP contribution in [0.2, 0.25) is 0 Å². The normalized spacial score (nSPS) is 11.0. The van der Waals surface area contributed by atoms with Crippen LogP contribution in [0.5, 0.6) is 0 Å². The summed E-state index contributed by atoms with van der Waals surface area (Å²) in [7, 11) is 1.74. The van der Waals surface area contributed by atoms with E-state index in [1.807, 2.05) is 33.0 Å². The average Bonchev–Trinajstić information content (AvgIpc) is 2.83. The number of pyridine rings is 1. The first-order valence-electron chi connectivity index (χ1n) is 7.37. The standard InChI is InChI=1S/C16H23N5O.HI/c1-11-5-6-14(9-19-11)7-8-18-16(17-4)20-10-15-21-12(2)13(3)22-15;/h5-6,9H,7-8,10H2,1-4H3,(H2,17,18,20);1H. The molecule has 6 nitrogen and oxygen atoms in total. The van der Waals surface area contributed by atoms with Crippen molar-refractivity contribution < 1.29 is 4.42 Å². The molecule has 0 bridgehead atoms. The number of halogens is 1. The molecule has 0 spiro atoms. The largest absolute Gasteiger partial charge is 0.444 e. The van der Waals surface area contributed by atoms with Crippen LogP contribution >= 0.6 is 24.0 Å². The summed E-state index contributed by atoms with van der Waals surface area (Å²) in [6, 6.07) is 4.12. The monoisotopic (exact) mass is 429 g/mol. The van der Waals surface area contributed by atoms with Gasteiger partial charge in [0.15, 0.2) is 5.96 Å². The number of aryl methyl sites for hydroxylation is 3. The summed E-state index contributed by atoms with van der Waals surface area (Å²) < 4.78 is 5.53. The van der Waals surface area contributed by atoms with Gasteiger partial charge in [0.05, 0.1) is 12.2 Å². The number of rotatable bonds is 5. The average molecular weight is 429 g/mol. The van der Waals surface area contributed by atoms with E-state index < -0.39 is 0 Å². The first-order valence-corrected chi connectivity index (χ1v) is 7.37. The van der Waals surface area contributed by atoms with Gasteiger partial charge in [0.25, 0.3) is 0 Å². The number of guanidine groups is 1. The lowest BCUT2D eigenvalue weighted by Crippen LogP contribution is -2.37. The zero-order valence-electron chi connectivity index (χ0n) is 14.0. The van der Waals surface area contributed by atoms with Crippen LogP contribution in [0, 0.1) is 20.8 Å². The van der Waals surface area contributed by atoms with Gasteiger partial charge in [0, 0.05) is 25.5 Å². The minimum absolute atomic E-state index is 0. The molecule has 0 fully saturated rings. The van der Waals surface area contributed by atoms with Gasteiger partial charge in [-0.15, -0.1) is 24.0 Å². The lowest BCUT2D eigenvalue weighted by atomic mass is 10.2. The predicted octanol–water partition coefficient (Wildman–Crippen LogP) is 2.52. The number of aromatic nitrogens is 2. The van der Waals surface area contributed by atoms with E-state index in [0.29, 0.717) is 12.4 Å². The van der Waals surface area contributed by atoms with Crippen molar-refractivity contribution in [2.75, 3.05) is 13.6 Å². The Morgan fingerprint density at radius 3 is 2.57 bits per heavy atom. The highest BCUT2D eigenvalue weighted by atomic mass is 127. The maximum absolute atomic E-state index is 5.53. The van der Waals surface area contributed by atoms with E-state index in [0.717, 1.165) is 36.1 Å². The predicted molar refractivity (Wildman–Crippen MR) is 102 cm³/mol. The summed E-state index contributed by atoms with van der Waals surface area (Å²) in [5.41, 5.74) is 3.16. The van der Waals surface area contributed by atoms with E-state index >= 15 is 0 Å². The molecule has 0 saturated heterocycles. The minimum Gasteiger partial charge on any atom is -0.444 e. The topological polar surface area (TPSA) is 75.3 Å². The molecular formula is C16H24IN5O. The fraction of sp³-hybridized carbons (Fsp3) is 0.438. The summed E-state index contributed by atoms with van der Waals surface area (Å²) in [4.78, 5) is 12.8. The van der Waals surface area contributed by atoms with Crippen molar-refractivity contribution in [2.45, 2.75) is 33.7 Å². The van der Waals surface area contributed by atoms with Gasteiger partial charge in [-0.3, -0.25) is 9.98 Å². The van der Waals surface area contributed by atoms with Gasteiger partial charge in [0.2, 0.25) is 5.89 Å². The van der Waals surface area contributed by atoms with Crippen molar-refractivity contribution in [3.8, 4) is 0 Å². The van der Waals surface area contributed by atoms with Crippen LogP contribution in [0.15, 0.2) is 27.7 Å². The van der Waals surface area contributed by atoms with Crippen LogP contribution in [0.3, 0.4) is 0 Å². The second-order valence-electron chi connectivity index (χ2n) is 5.16. The maximum Gasteiger partial charge on any atom is 0.214 e. The van der Waals surface area contributed by atoms with Crippen molar-refractivity contribution in [1.29, 1.82) is 0 Å². The minimum atomic E-state index is 0. The molecule has 0 unspecified atom stereocenters. The van der Waals surface area contributed by atoms with Gasteiger partial charge in [0.1, 0.15) is 5.76 Å². The van der Waals surface area contributed by atoms with E-state index in [1.54, 1.807) is 7.05 Å². The maximum atomic E-state index is 5.53. The van der Waals surface area contributed by atoms with Gasteiger partial charge < -0.3 is 15.1 Å². The molecule has 0 aliphatic heterocycles. The van der Waals surface area contributed by atoms with Crippen molar-refractivity contribution in [3.63, 3.8) is 0 Å². The Labute approximate surface area is 154 Å². The first-order chi connectivity index (χ1) is 10.6. The Morgan fingerprint density at radius 2 is 2.00 bits per heavy atom. The zero-order chi connectivity index (χ0) is 15.9. The second-order valence-corrected chi connectivity index (χ2v) is 5.16. The van der Waals surface area contributed by atoms with Crippen LogP contribution in [-0.2, 0) is 13.0 Å². The highest BCUT2D eigenvalue weighted by molar-refractivity contribution is 14.0. The second kappa shape index (κ2) is 9.49. The number of nitrogens with one attached hydrogen (secondary N) is 2. The molecule has 23 heavy (non-hydrogen) atoms. The van der Waals surface area contributed by atoms with Crippen LogP contribution in [0.1, 0.15) is 28.6 Å². The molecule has 2 aromatic rings. The van der Waals surface area contributed by atoms with E-state index in [-0.39, 0.29) is 24.0 Å². The first kappa shape index (κ1) is 19.4. The molecular weight excluding hydrogens is 405 g/mol. The number of oxazole rings is 1. The Morgan fingerprint density at radius 1 is 1.22 bits per heavy atom. The Hall–Kier alpha value is -1.64. The summed E-state index contributed by atoms with van der Waals surface area (Å²) in [6.07, 6.45) is 2.80. The number of aliphatic imine (C=N–C) groups is 1. The molecule has 7 heteroatoms. The van der Waals surface area contributed by atoms with Crippen LogP contribution in [0.25, 0.3) is 0 Å². The van der Waals surface area contributed by atoms with Gasteiger partial charge in [-0.1, -0.05) is 6.07 Å². The van der Waals surface area contributed by atoms with Gasteiger partial charge >= 0.3 is 0 Å². The third-order valence-corrected chi connectivity index (χ3v) is 3.38. The fourth-order valence-electron chi connectivity index (χ4n) is 1.97. The van der Waals surface area contributed by atoms with Crippen molar-refractivity contribution in [3.05, 3.63) is 46.9 Å².